The van der Waals surface area contributed by atoms with E-state index >= 15 is 0 Å². The van der Waals surface area contributed by atoms with Crippen LogP contribution in [0.1, 0.15) is 11.6 Å². The Bertz CT molecular complexity index is 409. The van der Waals surface area contributed by atoms with E-state index in [-0.39, 0.29) is 0 Å². The Kier molecular flexibility index (Phi) is 3.04. The first-order chi connectivity index (χ1) is 7.40. The van der Waals surface area contributed by atoms with Crippen molar-refractivity contribution < 1.29 is 0 Å². The summed E-state index contributed by atoms with van der Waals surface area (Å²) in [5.41, 5.74) is 5.50. The van der Waals surface area contributed by atoms with Crippen molar-refractivity contribution in [2.24, 2.45) is 5.73 Å². The van der Waals surface area contributed by atoms with E-state index < -0.39 is 0 Å². The van der Waals surface area contributed by atoms with Gasteiger partial charge in [0.05, 0.1) is 6.54 Å². The third-order valence-corrected chi connectivity index (χ3v) is 2.10. The van der Waals surface area contributed by atoms with Crippen molar-refractivity contribution >= 4 is 0 Å². The number of nitrogens with two attached hydrogens (primary N) is 1. The van der Waals surface area contributed by atoms with Crippen molar-refractivity contribution in [2.45, 2.75) is 13.0 Å². The molecule has 2 aromatic heterocycles. The van der Waals surface area contributed by atoms with Crippen LogP contribution in [0.5, 0.6) is 0 Å². The largest absolute Gasteiger partial charge is 0.330 e. The highest BCUT2D eigenvalue weighted by Gasteiger charge is 2.03. The Morgan fingerprint density at radius 3 is 2.67 bits per heavy atom. The second kappa shape index (κ2) is 4.65. The molecule has 0 unspecified atom stereocenters. The first-order valence-electron chi connectivity index (χ1n) is 4.86. The average Bonchev–Trinajstić information content (AvgIpc) is 2.68. The molecule has 78 valence electrons. The Morgan fingerprint density at radius 2 is 1.93 bits per heavy atom. The average molecular weight is 203 g/mol. The van der Waals surface area contributed by atoms with Gasteiger partial charge in [-0.05, 0) is 12.6 Å². The van der Waals surface area contributed by atoms with Crippen LogP contribution in [0, 0.1) is 0 Å². The predicted molar refractivity (Wildman–Crippen MR) is 56.1 cm³/mol. The minimum absolute atomic E-state index is 0.604. The zero-order chi connectivity index (χ0) is 10.5. The fourth-order valence-electron chi connectivity index (χ4n) is 1.41. The zero-order valence-electron chi connectivity index (χ0n) is 8.37. The van der Waals surface area contributed by atoms with Gasteiger partial charge in [0.1, 0.15) is 11.6 Å². The minimum atomic E-state index is 0.604. The Morgan fingerprint density at radius 1 is 1.13 bits per heavy atom. The molecule has 2 aromatic rings. The van der Waals surface area contributed by atoms with Gasteiger partial charge in [0.25, 0.3) is 0 Å². The van der Waals surface area contributed by atoms with Crippen LogP contribution in [-0.2, 0) is 13.0 Å². The van der Waals surface area contributed by atoms with Gasteiger partial charge in [-0.15, -0.1) is 0 Å². The fourth-order valence-corrected chi connectivity index (χ4v) is 1.41. The maximum absolute atomic E-state index is 5.50. The summed E-state index contributed by atoms with van der Waals surface area (Å²) in [4.78, 5) is 12.6. The highest BCUT2D eigenvalue weighted by atomic mass is 15.1. The molecule has 0 aliphatic rings. The van der Waals surface area contributed by atoms with Crippen molar-refractivity contribution in [2.75, 3.05) is 6.54 Å². The SMILES string of the molecule is NCCc1nccn1Cc1ncccn1. The highest BCUT2D eigenvalue weighted by Crippen LogP contribution is 2.01. The molecule has 0 fully saturated rings. The van der Waals surface area contributed by atoms with Gasteiger partial charge in [-0.3, -0.25) is 0 Å². The number of hydrogen-bond acceptors (Lipinski definition) is 4. The lowest BCUT2D eigenvalue weighted by atomic mass is 10.4. The van der Waals surface area contributed by atoms with Crippen molar-refractivity contribution in [1.29, 1.82) is 0 Å². The van der Waals surface area contributed by atoms with E-state index in [1.807, 2.05) is 10.8 Å². The quantitative estimate of drug-likeness (QED) is 0.771. The number of aromatic nitrogens is 4. The van der Waals surface area contributed by atoms with Crippen LogP contribution >= 0.6 is 0 Å². The number of imidazole rings is 1. The number of rotatable bonds is 4. The second-order valence-corrected chi connectivity index (χ2v) is 3.18. The van der Waals surface area contributed by atoms with Gasteiger partial charge in [-0.2, -0.15) is 0 Å². The summed E-state index contributed by atoms with van der Waals surface area (Å²) in [7, 11) is 0. The maximum atomic E-state index is 5.50. The van der Waals surface area contributed by atoms with E-state index in [0.29, 0.717) is 13.1 Å². The molecule has 0 atom stereocenters. The molecule has 0 radical (unpaired) electrons. The molecule has 0 aromatic carbocycles. The van der Waals surface area contributed by atoms with Crippen LogP contribution in [0.2, 0.25) is 0 Å². The van der Waals surface area contributed by atoms with Gasteiger partial charge in [-0.1, -0.05) is 0 Å². The minimum Gasteiger partial charge on any atom is -0.330 e. The molecule has 0 spiro atoms. The molecule has 2 rings (SSSR count). The van der Waals surface area contributed by atoms with Crippen LogP contribution in [-0.4, -0.2) is 26.1 Å². The summed E-state index contributed by atoms with van der Waals surface area (Å²) < 4.78 is 2.02. The van der Waals surface area contributed by atoms with Gasteiger partial charge in [0.15, 0.2) is 0 Å². The van der Waals surface area contributed by atoms with Gasteiger partial charge in [0, 0.05) is 31.2 Å². The van der Waals surface area contributed by atoms with E-state index in [1.165, 1.54) is 0 Å². The normalized spacial score (nSPS) is 10.5. The molecular weight excluding hydrogens is 190 g/mol. The smallest absolute Gasteiger partial charge is 0.147 e. The van der Waals surface area contributed by atoms with E-state index in [2.05, 4.69) is 15.0 Å². The number of hydrogen-bond donors (Lipinski definition) is 1. The molecular formula is C10H13N5. The lowest BCUT2D eigenvalue weighted by Crippen LogP contribution is -2.11. The molecule has 0 amide bonds. The van der Waals surface area contributed by atoms with Crippen molar-refractivity contribution in [3.63, 3.8) is 0 Å². The van der Waals surface area contributed by atoms with Crippen LogP contribution < -0.4 is 5.73 Å². The molecule has 0 saturated heterocycles. The van der Waals surface area contributed by atoms with Gasteiger partial charge >= 0.3 is 0 Å². The summed E-state index contributed by atoms with van der Waals surface area (Å²) in [5, 5.41) is 0. The monoisotopic (exact) mass is 203 g/mol. The van der Waals surface area contributed by atoms with Crippen LogP contribution in [0.25, 0.3) is 0 Å². The lowest BCUT2D eigenvalue weighted by Gasteiger charge is -2.05. The summed E-state index contributed by atoms with van der Waals surface area (Å²) in [5.74, 6) is 1.76. The Balaban J connectivity index is 2.14. The molecule has 0 saturated carbocycles. The van der Waals surface area contributed by atoms with E-state index in [0.717, 1.165) is 18.1 Å². The topological polar surface area (TPSA) is 69.6 Å². The molecule has 0 bridgehead atoms. The highest BCUT2D eigenvalue weighted by molar-refractivity contribution is 4.98. The second-order valence-electron chi connectivity index (χ2n) is 3.18. The molecule has 0 aliphatic heterocycles. The summed E-state index contributed by atoms with van der Waals surface area (Å²) in [6, 6.07) is 1.80. The summed E-state index contributed by atoms with van der Waals surface area (Å²) >= 11 is 0. The van der Waals surface area contributed by atoms with Gasteiger partial charge in [-0.25, -0.2) is 15.0 Å². The van der Waals surface area contributed by atoms with E-state index in [1.54, 1.807) is 24.7 Å². The third-order valence-electron chi connectivity index (χ3n) is 2.10. The summed E-state index contributed by atoms with van der Waals surface area (Å²) in [6.45, 7) is 1.25. The molecule has 2 heterocycles. The molecule has 2 N–H and O–H groups in total. The van der Waals surface area contributed by atoms with Crippen LogP contribution in [0.4, 0.5) is 0 Å². The molecule has 15 heavy (non-hydrogen) atoms. The fraction of sp³-hybridized carbons (Fsp3) is 0.300. The van der Waals surface area contributed by atoms with Gasteiger partial charge < -0.3 is 10.3 Å². The molecule has 5 nitrogen and oxygen atoms in total. The van der Waals surface area contributed by atoms with Gasteiger partial charge in [0.2, 0.25) is 0 Å². The molecule has 5 heteroatoms. The van der Waals surface area contributed by atoms with E-state index in [9.17, 15) is 0 Å². The standard InChI is InChI=1S/C10H13N5/c11-3-2-10-14-6-7-15(10)8-9-12-4-1-5-13-9/h1,4-7H,2-3,8,11H2. The predicted octanol–water partition coefficient (Wildman–Crippen LogP) is 0.223. The van der Waals surface area contributed by atoms with E-state index in [4.69, 9.17) is 5.73 Å². The third kappa shape index (κ3) is 2.38. The Hall–Kier alpha value is -1.75. The first-order valence-corrected chi connectivity index (χ1v) is 4.86. The first kappa shape index (κ1) is 9.79. The van der Waals surface area contributed by atoms with Crippen molar-refractivity contribution in [1.82, 2.24) is 19.5 Å². The van der Waals surface area contributed by atoms with Crippen LogP contribution in [0.3, 0.4) is 0 Å². The zero-order valence-corrected chi connectivity index (χ0v) is 8.37. The molecule has 0 aliphatic carbocycles. The van der Waals surface area contributed by atoms with Crippen molar-refractivity contribution in [3.8, 4) is 0 Å². The maximum Gasteiger partial charge on any atom is 0.147 e. The van der Waals surface area contributed by atoms with Crippen LogP contribution in [0.15, 0.2) is 30.9 Å². The lowest BCUT2D eigenvalue weighted by molar-refractivity contribution is 0.685. The van der Waals surface area contributed by atoms with Crippen molar-refractivity contribution in [3.05, 3.63) is 42.5 Å². The number of nitrogens with zero attached hydrogens (tertiary/aromatic N) is 4. The summed E-state index contributed by atoms with van der Waals surface area (Å²) in [6.07, 6.45) is 7.94. The Labute approximate surface area is 88.0 Å².